The van der Waals surface area contributed by atoms with Crippen LogP contribution in [0.3, 0.4) is 0 Å². The Hall–Kier alpha value is -2.00. The second-order valence-electron chi connectivity index (χ2n) is 4.59. The molecule has 0 saturated heterocycles. The maximum atomic E-state index is 12.2. The molecule has 0 unspecified atom stereocenters. The van der Waals surface area contributed by atoms with Crippen molar-refractivity contribution in [1.29, 1.82) is 0 Å². The third kappa shape index (κ3) is 4.01. The number of anilines is 1. The fourth-order valence-corrected chi connectivity index (χ4v) is 3.68. The van der Waals surface area contributed by atoms with Gasteiger partial charge in [-0.3, -0.25) is 14.8 Å². The van der Waals surface area contributed by atoms with E-state index in [1.807, 2.05) is 6.92 Å². The van der Waals surface area contributed by atoms with Gasteiger partial charge in [-0.15, -0.1) is 0 Å². The lowest BCUT2D eigenvalue weighted by atomic mass is 10.2. The number of pyridine rings is 1. The maximum Gasteiger partial charge on any atom is 0.273 e. The molecule has 0 aliphatic rings. The van der Waals surface area contributed by atoms with Crippen molar-refractivity contribution in [2.24, 2.45) is 0 Å². The van der Waals surface area contributed by atoms with Crippen LogP contribution in [0.1, 0.15) is 11.1 Å². The minimum absolute atomic E-state index is 0.114. The van der Waals surface area contributed by atoms with Gasteiger partial charge in [0.2, 0.25) is 10.0 Å². The first-order valence-corrected chi connectivity index (χ1v) is 8.58. The summed E-state index contributed by atoms with van der Waals surface area (Å²) in [7, 11) is -3.83. The minimum atomic E-state index is -3.83. The Bertz CT molecular complexity index is 824. The molecule has 0 amide bonds. The summed E-state index contributed by atoms with van der Waals surface area (Å²) in [5, 5.41) is 10.9. The molecule has 0 aliphatic heterocycles. The molecule has 0 saturated carbocycles. The van der Waals surface area contributed by atoms with Gasteiger partial charge in [0.25, 0.3) is 5.69 Å². The molecule has 0 bridgehead atoms. The number of aryl methyl sites for hydroxylation is 1. The number of nitrogens with one attached hydrogen (secondary N) is 1. The van der Waals surface area contributed by atoms with Gasteiger partial charge in [-0.2, -0.15) is 0 Å². The lowest BCUT2D eigenvalue weighted by Gasteiger charge is -2.09. The van der Waals surface area contributed by atoms with Crippen molar-refractivity contribution in [2.45, 2.75) is 12.7 Å². The molecule has 7 nitrogen and oxygen atoms in total. The molecule has 0 aliphatic carbocycles. The van der Waals surface area contributed by atoms with Crippen molar-refractivity contribution >= 4 is 37.5 Å². The molecule has 0 atom stereocenters. The molecule has 9 heteroatoms. The first-order valence-electron chi connectivity index (χ1n) is 6.13. The van der Waals surface area contributed by atoms with Crippen LogP contribution in [0.5, 0.6) is 0 Å². The second-order valence-corrected chi connectivity index (χ2v) is 7.17. The van der Waals surface area contributed by atoms with E-state index >= 15 is 0 Å². The number of aromatic nitrogens is 1. The molecule has 0 radical (unpaired) electrons. The summed E-state index contributed by atoms with van der Waals surface area (Å²) in [5.41, 5.74) is 0.751. The Morgan fingerprint density at radius 3 is 2.68 bits per heavy atom. The summed E-state index contributed by atoms with van der Waals surface area (Å²) < 4.78 is 27.2. The number of benzene rings is 1. The average molecular weight is 386 g/mol. The highest BCUT2D eigenvalue weighted by Gasteiger charge is 2.20. The minimum Gasteiger partial charge on any atom is -0.266 e. The second kappa shape index (κ2) is 6.41. The lowest BCUT2D eigenvalue weighted by molar-refractivity contribution is -0.385. The van der Waals surface area contributed by atoms with Crippen molar-refractivity contribution in [2.75, 3.05) is 4.72 Å². The zero-order valence-electron chi connectivity index (χ0n) is 11.5. The molecule has 1 N–H and O–H groups in total. The average Bonchev–Trinajstić information content (AvgIpc) is 2.42. The molecule has 1 heterocycles. The summed E-state index contributed by atoms with van der Waals surface area (Å²) in [5.74, 6) is -0.365. The topological polar surface area (TPSA) is 102 Å². The summed E-state index contributed by atoms with van der Waals surface area (Å²) >= 11 is 3.23. The van der Waals surface area contributed by atoms with Crippen molar-refractivity contribution in [1.82, 2.24) is 4.98 Å². The number of hydrogen-bond donors (Lipinski definition) is 1. The number of hydrogen-bond acceptors (Lipinski definition) is 5. The Morgan fingerprint density at radius 1 is 1.36 bits per heavy atom. The van der Waals surface area contributed by atoms with Crippen LogP contribution in [0.25, 0.3) is 0 Å². The first kappa shape index (κ1) is 16.4. The van der Waals surface area contributed by atoms with Crippen LogP contribution in [-0.4, -0.2) is 18.3 Å². The third-order valence-corrected chi connectivity index (χ3v) is 4.56. The van der Waals surface area contributed by atoms with Crippen molar-refractivity contribution in [3.05, 3.63) is 62.2 Å². The van der Waals surface area contributed by atoms with Crippen molar-refractivity contribution in [3.8, 4) is 0 Å². The molecule has 2 aromatic rings. The molecule has 1 aromatic carbocycles. The lowest BCUT2D eigenvalue weighted by Crippen LogP contribution is -2.17. The molecule has 116 valence electrons. The van der Waals surface area contributed by atoms with Gasteiger partial charge >= 0.3 is 0 Å². The molecular weight excluding hydrogens is 374 g/mol. The standard InChI is InChI=1S/C13H12BrN3O4S/c1-9-6-11(14)13(15-7-9)16-22(20,21)8-10-4-2-3-5-12(10)17(18)19/h2-7H,8H2,1H3,(H,15,16). The van der Waals surface area contributed by atoms with Gasteiger partial charge in [0.05, 0.1) is 9.40 Å². The zero-order valence-corrected chi connectivity index (χ0v) is 13.9. The van der Waals surface area contributed by atoms with E-state index in [4.69, 9.17) is 0 Å². The largest absolute Gasteiger partial charge is 0.273 e. The van der Waals surface area contributed by atoms with E-state index in [1.165, 1.54) is 24.4 Å². The number of nitro benzene ring substituents is 1. The number of sulfonamides is 1. The maximum absolute atomic E-state index is 12.2. The van der Waals surface area contributed by atoms with Crippen LogP contribution in [-0.2, 0) is 15.8 Å². The van der Waals surface area contributed by atoms with Crippen LogP contribution in [0.2, 0.25) is 0 Å². The Morgan fingerprint density at radius 2 is 2.05 bits per heavy atom. The monoisotopic (exact) mass is 385 g/mol. The van der Waals surface area contributed by atoms with Gasteiger partial charge in [-0.25, -0.2) is 13.4 Å². The van der Waals surface area contributed by atoms with E-state index in [0.717, 1.165) is 5.56 Å². The van der Waals surface area contributed by atoms with E-state index < -0.39 is 20.7 Å². The fourth-order valence-electron chi connectivity index (χ4n) is 1.81. The number of halogens is 1. The fraction of sp³-hybridized carbons (Fsp3) is 0.154. The van der Waals surface area contributed by atoms with Crippen molar-refractivity contribution in [3.63, 3.8) is 0 Å². The Labute approximate surface area is 135 Å². The molecule has 0 spiro atoms. The quantitative estimate of drug-likeness (QED) is 0.629. The first-order chi connectivity index (χ1) is 10.3. The van der Waals surface area contributed by atoms with Crippen LogP contribution < -0.4 is 4.72 Å². The Balaban J connectivity index is 2.27. The predicted molar refractivity (Wildman–Crippen MR) is 86.0 cm³/mol. The smallest absolute Gasteiger partial charge is 0.266 e. The molecule has 2 rings (SSSR count). The number of para-hydroxylation sites is 1. The SMILES string of the molecule is Cc1cnc(NS(=O)(=O)Cc2ccccc2[N+](=O)[O-])c(Br)c1. The van der Waals surface area contributed by atoms with Gasteiger partial charge < -0.3 is 0 Å². The molecule has 22 heavy (non-hydrogen) atoms. The number of nitro groups is 1. The van der Waals surface area contributed by atoms with E-state index in [2.05, 4.69) is 25.6 Å². The number of rotatable bonds is 5. The van der Waals surface area contributed by atoms with Crippen molar-refractivity contribution < 1.29 is 13.3 Å². The highest BCUT2D eigenvalue weighted by molar-refractivity contribution is 9.10. The molecule has 0 fully saturated rings. The van der Waals surface area contributed by atoms with Gasteiger partial charge in [-0.05, 0) is 34.5 Å². The predicted octanol–water partition coefficient (Wildman–Crippen LogP) is 3.00. The molecular formula is C13H12BrN3O4S. The van der Waals surface area contributed by atoms with E-state index in [1.54, 1.807) is 12.1 Å². The number of nitrogens with zero attached hydrogens (tertiary/aromatic N) is 2. The van der Waals surface area contributed by atoms with E-state index in [-0.39, 0.29) is 17.1 Å². The van der Waals surface area contributed by atoms with E-state index in [9.17, 15) is 18.5 Å². The Kier molecular flexibility index (Phi) is 4.77. The van der Waals surface area contributed by atoms with Crippen LogP contribution in [0, 0.1) is 17.0 Å². The summed E-state index contributed by atoms with van der Waals surface area (Å²) in [6.07, 6.45) is 1.52. The van der Waals surface area contributed by atoms with Crippen LogP contribution >= 0.6 is 15.9 Å². The summed E-state index contributed by atoms with van der Waals surface area (Å²) in [6, 6.07) is 7.44. The van der Waals surface area contributed by atoms with Crippen LogP contribution in [0.15, 0.2) is 41.0 Å². The third-order valence-electron chi connectivity index (χ3n) is 2.76. The molecule has 1 aromatic heterocycles. The summed E-state index contributed by atoms with van der Waals surface area (Å²) in [6.45, 7) is 1.82. The van der Waals surface area contributed by atoms with Gasteiger partial charge in [0.1, 0.15) is 5.75 Å². The zero-order chi connectivity index (χ0) is 16.3. The van der Waals surface area contributed by atoms with Gasteiger partial charge in [0.15, 0.2) is 5.82 Å². The van der Waals surface area contributed by atoms with Gasteiger partial charge in [-0.1, -0.05) is 18.2 Å². The normalized spacial score (nSPS) is 11.2. The van der Waals surface area contributed by atoms with E-state index in [0.29, 0.717) is 4.47 Å². The van der Waals surface area contributed by atoms with Crippen LogP contribution in [0.4, 0.5) is 11.5 Å². The highest BCUT2D eigenvalue weighted by atomic mass is 79.9. The summed E-state index contributed by atoms with van der Waals surface area (Å²) in [4.78, 5) is 14.3. The highest BCUT2D eigenvalue weighted by Crippen LogP contribution is 2.24. The van der Waals surface area contributed by atoms with Gasteiger partial charge in [0, 0.05) is 17.8 Å².